The first-order chi connectivity index (χ1) is 19.8. The third-order valence-corrected chi connectivity index (χ3v) is 6.10. The number of rotatable bonds is 15. The highest BCUT2D eigenvalue weighted by Gasteiger charge is 2.33. The van der Waals surface area contributed by atoms with Crippen molar-refractivity contribution in [1.82, 2.24) is 10.6 Å². The second-order valence-electron chi connectivity index (χ2n) is 10.8. The van der Waals surface area contributed by atoms with Gasteiger partial charge in [-0.3, -0.25) is 4.79 Å². The number of likely N-dealkylation sites (N-methyl/N-ethyl adjacent to an activating group) is 1. The highest BCUT2D eigenvalue weighted by atomic mass is 16.6. The van der Waals surface area contributed by atoms with Gasteiger partial charge in [0.15, 0.2) is 0 Å². The van der Waals surface area contributed by atoms with E-state index >= 15 is 0 Å². The summed E-state index contributed by atoms with van der Waals surface area (Å²) in [6, 6.07) is 16.1. The van der Waals surface area contributed by atoms with Gasteiger partial charge in [0.05, 0.1) is 0 Å². The van der Waals surface area contributed by atoms with E-state index in [2.05, 4.69) is 10.6 Å². The highest BCUT2D eigenvalue weighted by molar-refractivity contribution is 5.81. The van der Waals surface area contributed by atoms with E-state index in [9.17, 15) is 34.8 Å². The average molecular weight is 591 g/mol. The molecule has 0 aliphatic heterocycles. The maximum atomic E-state index is 12.8. The molecule has 2 aromatic carbocycles. The van der Waals surface area contributed by atoms with Crippen LogP contribution in [0.4, 0.5) is 4.79 Å². The van der Waals surface area contributed by atoms with Gasteiger partial charge in [-0.25, -0.2) is 9.59 Å². The zero-order valence-corrected chi connectivity index (χ0v) is 24.3. The molecule has 6 atom stereocenters. The molecule has 0 radical (unpaired) electrons. The van der Waals surface area contributed by atoms with Crippen LogP contribution in [0.3, 0.4) is 0 Å². The third-order valence-electron chi connectivity index (χ3n) is 6.10. The number of aliphatic hydroxyl groups is 4. The predicted molar refractivity (Wildman–Crippen MR) is 152 cm³/mol. The number of carbonyl (C=O) groups is 3. The number of aliphatic hydroxyl groups excluding tert-OH is 4. The fraction of sp³-hybridized carbons (Fsp3) is 0.500. The van der Waals surface area contributed by atoms with Crippen molar-refractivity contribution in [3.63, 3.8) is 0 Å². The van der Waals surface area contributed by atoms with Crippen molar-refractivity contribution in [2.75, 3.05) is 20.3 Å². The number of nitrogens with one attached hydrogen (secondary N) is 2. The van der Waals surface area contributed by atoms with Crippen LogP contribution in [0.2, 0.25) is 0 Å². The smallest absolute Gasteiger partial charge is 0.408 e. The largest absolute Gasteiger partial charge is 0.462 e. The van der Waals surface area contributed by atoms with Gasteiger partial charge in [-0.15, -0.1) is 0 Å². The molecule has 232 valence electrons. The van der Waals surface area contributed by atoms with Crippen LogP contribution in [0.25, 0.3) is 0 Å². The van der Waals surface area contributed by atoms with Crippen molar-refractivity contribution in [2.24, 2.45) is 0 Å². The standard InChI is InChI=1S/C30H42N2O10/c1-30(2,3)42-29(39)32-22(16-20-13-9-6-10-14-20)28(38)41-18-24(34)26(36)25(35)23(33)17-40-27(37)21(31-4)15-19-11-7-5-8-12-19/h5-14,21-26,31,33-36H,15-18H2,1-4H3,(H,32,39)/t21-,22-,23+,24-,25+,26+/m0/s1. The summed E-state index contributed by atoms with van der Waals surface area (Å²) in [4.78, 5) is 37.6. The molecule has 0 aliphatic carbocycles. The van der Waals surface area contributed by atoms with Crippen LogP contribution >= 0.6 is 0 Å². The van der Waals surface area contributed by atoms with Gasteiger partial charge in [0.25, 0.3) is 0 Å². The zero-order valence-electron chi connectivity index (χ0n) is 24.3. The number of amides is 1. The van der Waals surface area contributed by atoms with Crippen LogP contribution in [0.5, 0.6) is 0 Å². The quantitative estimate of drug-likeness (QED) is 0.125. The minimum atomic E-state index is -1.96. The highest BCUT2D eigenvalue weighted by Crippen LogP contribution is 2.12. The molecule has 2 aromatic rings. The molecule has 6 N–H and O–H groups in total. The van der Waals surface area contributed by atoms with Crippen LogP contribution in [0.15, 0.2) is 60.7 Å². The molecule has 0 heterocycles. The van der Waals surface area contributed by atoms with Gasteiger partial charge in [-0.05, 0) is 45.4 Å². The molecule has 0 aliphatic rings. The summed E-state index contributed by atoms with van der Waals surface area (Å²) < 4.78 is 15.4. The minimum Gasteiger partial charge on any atom is -0.462 e. The van der Waals surface area contributed by atoms with Crippen molar-refractivity contribution in [1.29, 1.82) is 0 Å². The molecule has 0 saturated heterocycles. The Hall–Kier alpha value is -3.55. The third kappa shape index (κ3) is 12.1. The predicted octanol–water partition coefficient (Wildman–Crippen LogP) is 0.483. The fourth-order valence-corrected chi connectivity index (χ4v) is 3.83. The molecule has 12 nitrogen and oxygen atoms in total. The number of ether oxygens (including phenoxy) is 3. The summed E-state index contributed by atoms with van der Waals surface area (Å²) >= 11 is 0. The van der Waals surface area contributed by atoms with Gasteiger partial charge in [-0.1, -0.05) is 60.7 Å². The van der Waals surface area contributed by atoms with Gasteiger partial charge in [0.1, 0.15) is 55.3 Å². The summed E-state index contributed by atoms with van der Waals surface area (Å²) in [5.74, 6) is -1.60. The molecule has 0 spiro atoms. The lowest BCUT2D eigenvalue weighted by molar-refractivity contribution is -0.164. The van der Waals surface area contributed by atoms with Crippen LogP contribution in [0, 0.1) is 0 Å². The molecule has 0 saturated carbocycles. The first-order valence-corrected chi connectivity index (χ1v) is 13.6. The number of esters is 2. The first kappa shape index (κ1) is 34.7. The van der Waals surface area contributed by atoms with Crippen LogP contribution in [0.1, 0.15) is 31.9 Å². The maximum absolute atomic E-state index is 12.8. The van der Waals surface area contributed by atoms with Gasteiger partial charge >= 0.3 is 18.0 Å². The number of hydrogen-bond acceptors (Lipinski definition) is 11. The lowest BCUT2D eigenvalue weighted by Crippen LogP contribution is -2.50. The Kier molecular flexibility index (Phi) is 13.8. The summed E-state index contributed by atoms with van der Waals surface area (Å²) in [6.45, 7) is 3.58. The molecular weight excluding hydrogens is 548 g/mol. The van der Waals surface area contributed by atoms with Crippen molar-refractivity contribution in [2.45, 2.75) is 75.7 Å². The monoisotopic (exact) mass is 590 g/mol. The minimum absolute atomic E-state index is 0.0577. The van der Waals surface area contributed by atoms with Crippen molar-refractivity contribution in [3.05, 3.63) is 71.8 Å². The molecule has 0 fully saturated rings. The number of alkyl carbamates (subject to hydrolysis) is 1. The number of carbonyl (C=O) groups excluding carboxylic acids is 3. The Morgan fingerprint density at radius 1 is 0.714 bits per heavy atom. The maximum Gasteiger partial charge on any atom is 0.408 e. The summed E-state index contributed by atoms with van der Waals surface area (Å²) in [6.07, 6.45) is -7.91. The normalized spacial score (nSPS) is 15.8. The molecule has 0 unspecified atom stereocenters. The topological polar surface area (TPSA) is 184 Å². The van der Waals surface area contributed by atoms with Gasteiger partial charge < -0.3 is 45.3 Å². The van der Waals surface area contributed by atoms with Crippen LogP contribution in [-0.2, 0) is 36.6 Å². The molecule has 42 heavy (non-hydrogen) atoms. The van der Waals surface area contributed by atoms with E-state index in [0.717, 1.165) is 5.56 Å². The Morgan fingerprint density at radius 3 is 1.52 bits per heavy atom. The van der Waals surface area contributed by atoms with Crippen LogP contribution < -0.4 is 10.6 Å². The van der Waals surface area contributed by atoms with Gasteiger partial charge in [0.2, 0.25) is 0 Å². The molecule has 0 bridgehead atoms. The van der Waals surface area contributed by atoms with E-state index in [4.69, 9.17) is 14.2 Å². The fourth-order valence-electron chi connectivity index (χ4n) is 3.83. The molecule has 12 heteroatoms. The number of hydrogen-bond donors (Lipinski definition) is 6. The zero-order chi connectivity index (χ0) is 31.3. The Labute approximate surface area is 245 Å². The first-order valence-electron chi connectivity index (χ1n) is 13.6. The van der Waals surface area contributed by atoms with E-state index in [1.54, 1.807) is 58.2 Å². The Morgan fingerprint density at radius 2 is 1.12 bits per heavy atom. The SMILES string of the molecule is CN[C@@H](Cc1ccccc1)C(=O)OC[C@@H](O)[C@@H](O)[C@H](O)[C@@H](O)COC(=O)[C@H](Cc1ccccc1)NC(=O)OC(C)(C)C. The van der Waals surface area contributed by atoms with Crippen molar-refractivity contribution < 1.29 is 49.0 Å². The lowest BCUT2D eigenvalue weighted by atomic mass is 10.0. The van der Waals surface area contributed by atoms with Crippen molar-refractivity contribution in [3.8, 4) is 0 Å². The molecule has 2 rings (SSSR count). The Bertz CT molecular complexity index is 1110. The summed E-state index contributed by atoms with van der Waals surface area (Å²) in [7, 11) is 1.58. The number of benzene rings is 2. The van der Waals surface area contributed by atoms with E-state index in [-0.39, 0.29) is 6.42 Å². The van der Waals surface area contributed by atoms with Gasteiger partial charge in [0, 0.05) is 6.42 Å². The summed E-state index contributed by atoms with van der Waals surface area (Å²) in [5, 5.41) is 46.5. The van der Waals surface area contributed by atoms with E-state index in [1.165, 1.54) is 0 Å². The van der Waals surface area contributed by atoms with Gasteiger partial charge in [-0.2, -0.15) is 0 Å². The molecule has 0 aromatic heterocycles. The summed E-state index contributed by atoms with van der Waals surface area (Å²) in [5.41, 5.74) is 0.787. The van der Waals surface area contributed by atoms with Crippen LogP contribution in [-0.4, -0.2) is 101 Å². The Balaban J connectivity index is 1.90. The second kappa shape index (κ2) is 16.8. The van der Waals surface area contributed by atoms with Crippen molar-refractivity contribution >= 4 is 18.0 Å². The van der Waals surface area contributed by atoms with E-state index in [1.807, 2.05) is 30.3 Å². The molecular formula is C30H42N2O10. The average Bonchev–Trinajstić information content (AvgIpc) is 2.95. The van der Waals surface area contributed by atoms with E-state index < -0.39 is 73.3 Å². The lowest BCUT2D eigenvalue weighted by Gasteiger charge is -2.27. The van der Waals surface area contributed by atoms with E-state index in [0.29, 0.717) is 12.0 Å². The molecule has 1 amide bonds. The second-order valence-corrected chi connectivity index (χ2v) is 10.8.